The molecule has 25 heavy (non-hydrogen) atoms. The fourth-order valence-electron chi connectivity index (χ4n) is 3.37. The van der Waals surface area contributed by atoms with Gasteiger partial charge < -0.3 is 5.32 Å². The number of aromatic nitrogens is 4. The van der Waals surface area contributed by atoms with Gasteiger partial charge in [-0.25, -0.2) is 8.78 Å². The van der Waals surface area contributed by atoms with Crippen LogP contribution in [0.25, 0.3) is 11.0 Å². The van der Waals surface area contributed by atoms with E-state index in [0.717, 1.165) is 19.0 Å². The van der Waals surface area contributed by atoms with Gasteiger partial charge in [-0.2, -0.15) is 10.1 Å². The number of hydrogen-bond acceptors (Lipinski definition) is 5. The van der Waals surface area contributed by atoms with Gasteiger partial charge in [-0.1, -0.05) is 6.07 Å². The monoisotopic (exact) mass is 346 g/mol. The van der Waals surface area contributed by atoms with E-state index in [9.17, 15) is 13.6 Å². The number of benzene rings is 1. The molecule has 0 amide bonds. The molecule has 0 aliphatic carbocycles. The van der Waals surface area contributed by atoms with Gasteiger partial charge in [0.2, 0.25) is 5.95 Å². The molecular formula is C16H16F2N6O. The van der Waals surface area contributed by atoms with Crippen LogP contribution < -0.4 is 10.9 Å². The third kappa shape index (κ3) is 2.76. The van der Waals surface area contributed by atoms with E-state index < -0.39 is 11.6 Å². The van der Waals surface area contributed by atoms with Crippen molar-refractivity contribution in [1.29, 1.82) is 0 Å². The fourth-order valence-corrected chi connectivity index (χ4v) is 3.37. The quantitative estimate of drug-likeness (QED) is 0.673. The highest BCUT2D eigenvalue weighted by atomic mass is 19.2. The molecule has 0 spiro atoms. The van der Waals surface area contributed by atoms with Crippen molar-refractivity contribution in [1.82, 2.24) is 25.1 Å². The SMILES string of the molecule is CN1CC[C@@H](Nc2nc3[nH]ncc3c(=O)[nH]2)[C@@H]1c1ccc(F)c(F)c1. The zero-order valence-electron chi connectivity index (χ0n) is 13.4. The molecule has 1 fully saturated rings. The van der Waals surface area contributed by atoms with Gasteiger partial charge in [-0.15, -0.1) is 0 Å². The Kier molecular flexibility index (Phi) is 3.72. The number of H-pyrrole nitrogens is 2. The van der Waals surface area contributed by atoms with E-state index in [1.165, 1.54) is 12.3 Å². The van der Waals surface area contributed by atoms with Crippen molar-refractivity contribution in [3.05, 3.63) is 51.9 Å². The number of aromatic amines is 2. The molecule has 0 saturated carbocycles. The summed E-state index contributed by atoms with van der Waals surface area (Å²) in [6.07, 6.45) is 2.18. The van der Waals surface area contributed by atoms with Crippen LogP contribution in [0.15, 0.2) is 29.2 Å². The maximum absolute atomic E-state index is 13.6. The zero-order chi connectivity index (χ0) is 17.6. The smallest absolute Gasteiger partial charge is 0.263 e. The molecule has 9 heteroatoms. The van der Waals surface area contributed by atoms with Crippen LogP contribution in [-0.4, -0.2) is 44.7 Å². The summed E-state index contributed by atoms with van der Waals surface area (Å²) in [5.41, 5.74) is 0.764. The van der Waals surface area contributed by atoms with Gasteiger partial charge in [0.15, 0.2) is 17.3 Å². The highest BCUT2D eigenvalue weighted by Gasteiger charge is 2.34. The van der Waals surface area contributed by atoms with Crippen molar-refractivity contribution in [3.8, 4) is 0 Å². The molecule has 4 rings (SSSR count). The number of rotatable bonds is 3. The molecule has 3 aromatic rings. The lowest BCUT2D eigenvalue weighted by Gasteiger charge is -2.26. The number of halogens is 2. The summed E-state index contributed by atoms with van der Waals surface area (Å²) in [5.74, 6) is -1.43. The first kappa shape index (κ1) is 15.7. The summed E-state index contributed by atoms with van der Waals surface area (Å²) < 4.78 is 26.8. The van der Waals surface area contributed by atoms with Gasteiger partial charge in [-0.05, 0) is 31.2 Å². The number of nitrogens with zero attached hydrogens (tertiary/aromatic N) is 3. The Hall–Kier alpha value is -2.81. The van der Waals surface area contributed by atoms with E-state index in [1.807, 2.05) is 7.05 Å². The number of likely N-dealkylation sites (N-methyl/N-ethyl adjacent to an activating group) is 1. The topological polar surface area (TPSA) is 89.7 Å². The summed E-state index contributed by atoms with van der Waals surface area (Å²) in [6, 6.07) is 3.64. The van der Waals surface area contributed by atoms with Gasteiger partial charge in [0, 0.05) is 12.6 Å². The van der Waals surface area contributed by atoms with Gasteiger partial charge in [0.1, 0.15) is 5.39 Å². The molecule has 2 aromatic heterocycles. The number of hydrogen-bond donors (Lipinski definition) is 3. The molecule has 1 aliphatic rings. The van der Waals surface area contributed by atoms with Crippen LogP contribution >= 0.6 is 0 Å². The van der Waals surface area contributed by atoms with E-state index in [2.05, 4.69) is 30.4 Å². The molecule has 1 saturated heterocycles. The van der Waals surface area contributed by atoms with E-state index in [4.69, 9.17) is 0 Å². The van der Waals surface area contributed by atoms with Gasteiger partial charge in [-0.3, -0.25) is 19.8 Å². The van der Waals surface area contributed by atoms with Crippen molar-refractivity contribution < 1.29 is 8.78 Å². The van der Waals surface area contributed by atoms with Gasteiger partial charge >= 0.3 is 0 Å². The minimum atomic E-state index is -0.873. The normalized spacial score (nSPS) is 21.1. The molecule has 0 radical (unpaired) electrons. The fraction of sp³-hybridized carbons (Fsp3) is 0.312. The lowest BCUT2D eigenvalue weighted by atomic mass is 10.00. The van der Waals surface area contributed by atoms with E-state index >= 15 is 0 Å². The molecule has 1 aliphatic heterocycles. The van der Waals surface area contributed by atoms with Crippen molar-refractivity contribution in [2.75, 3.05) is 18.9 Å². The van der Waals surface area contributed by atoms with Crippen LogP contribution in [0.2, 0.25) is 0 Å². The third-order valence-electron chi connectivity index (χ3n) is 4.58. The Morgan fingerprint density at radius 3 is 2.96 bits per heavy atom. The first-order valence-electron chi connectivity index (χ1n) is 7.88. The Labute approximate surface area is 141 Å². The average Bonchev–Trinajstić information content (AvgIpc) is 3.18. The average molecular weight is 346 g/mol. The Bertz CT molecular complexity index is 984. The number of fused-ring (bicyclic) bond motifs is 1. The van der Waals surface area contributed by atoms with E-state index in [1.54, 1.807) is 6.07 Å². The summed E-state index contributed by atoms with van der Waals surface area (Å²) in [5, 5.41) is 10.1. The minimum absolute atomic E-state index is 0.113. The molecule has 0 unspecified atom stereocenters. The van der Waals surface area contributed by atoms with Crippen molar-refractivity contribution in [2.45, 2.75) is 18.5 Å². The van der Waals surface area contributed by atoms with Crippen LogP contribution in [0, 0.1) is 11.6 Å². The van der Waals surface area contributed by atoms with Gasteiger partial charge in [0.25, 0.3) is 5.56 Å². The molecule has 0 bridgehead atoms. The van der Waals surface area contributed by atoms with Crippen LogP contribution in [0.1, 0.15) is 18.0 Å². The Morgan fingerprint density at radius 2 is 2.16 bits per heavy atom. The first-order valence-corrected chi connectivity index (χ1v) is 7.88. The molecule has 3 heterocycles. The van der Waals surface area contributed by atoms with Crippen LogP contribution in [0.5, 0.6) is 0 Å². The predicted molar refractivity (Wildman–Crippen MR) is 88.3 cm³/mol. The predicted octanol–water partition coefficient (Wildman–Crippen LogP) is 1.78. The van der Waals surface area contributed by atoms with Crippen molar-refractivity contribution in [2.24, 2.45) is 0 Å². The molecule has 130 valence electrons. The number of likely N-dealkylation sites (tertiary alicyclic amines) is 1. The molecular weight excluding hydrogens is 330 g/mol. The summed E-state index contributed by atoms with van der Waals surface area (Å²) in [4.78, 5) is 21.1. The van der Waals surface area contributed by atoms with Crippen molar-refractivity contribution in [3.63, 3.8) is 0 Å². The first-order chi connectivity index (χ1) is 12.0. The third-order valence-corrected chi connectivity index (χ3v) is 4.58. The summed E-state index contributed by atoms with van der Waals surface area (Å²) in [7, 11) is 1.92. The zero-order valence-corrected chi connectivity index (χ0v) is 13.4. The molecule has 1 aromatic carbocycles. The number of nitrogens with one attached hydrogen (secondary N) is 3. The lowest BCUT2D eigenvalue weighted by Crippen LogP contribution is -2.30. The van der Waals surface area contributed by atoms with Crippen LogP contribution in [-0.2, 0) is 0 Å². The maximum Gasteiger partial charge on any atom is 0.263 e. The minimum Gasteiger partial charge on any atom is -0.351 e. The molecule has 7 nitrogen and oxygen atoms in total. The summed E-state index contributed by atoms with van der Waals surface area (Å²) in [6.45, 7) is 0.776. The Balaban J connectivity index is 1.65. The second kappa shape index (κ2) is 5.92. The molecule has 2 atom stereocenters. The van der Waals surface area contributed by atoms with Crippen molar-refractivity contribution >= 4 is 17.0 Å². The molecule has 3 N–H and O–H groups in total. The standard InChI is InChI=1S/C16H16F2N6O/c1-24-5-4-12(13(24)8-2-3-10(17)11(18)6-8)20-16-21-14-9(7-19-23-14)15(25)22-16/h2-3,6-7,12-13H,4-5H2,1H3,(H3,19,20,21,22,23,25)/t12-,13+/m1/s1. The second-order valence-corrected chi connectivity index (χ2v) is 6.19. The number of anilines is 1. The largest absolute Gasteiger partial charge is 0.351 e. The van der Waals surface area contributed by atoms with Crippen LogP contribution in [0.3, 0.4) is 0 Å². The van der Waals surface area contributed by atoms with Crippen LogP contribution in [0.4, 0.5) is 14.7 Å². The lowest BCUT2D eigenvalue weighted by molar-refractivity contribution is 0.307. The highest BCUT2D eigenvalue weighted by Crippen LogP contribution is 2.33. The van der Waals surface area contributed by atoms with Gasteiger partial charge in [0.05, 0.1) is 12.2 Å². The highest BCUT2D eigenvalue weighted by molar-refractivity contribution is 5.73. The Morgan fingerprint density at radius 1 is 1.32 bits per heavy atom. The van der Waals surface area contributed by atoms with E-state index in [-0.39, 0.29) is 17.6 Å². The second-order valence-electron chi connectivity index (χ2n) is 6.19. The van der Waals surface area contributed by atoms with E-state index in [0.29, 0.717) is 22.5 Å². The summed E-state index contributed by atoms with van der Waals surface area (Å²) >= 11 is 0. The maximum atomic E-state index is 13.6.